The summed E-state index contributed by atoms with van der Waals surface area (Å²) in [5.41, 5.74) is 6.75. The number of ether oxygens (including phenoxy) is 1. The molecule has 3 heteroatoms. The molecule has 1 atom stereocenters. The average Bonchev–Trinajstić information content (AvgIpc) is 2.01. The summed E-state index contributed by atoms with van der Waals surface area (Å²) in [7, 11) is 0. The molecule has 0 aromatic heterocycles. The van der Waals surface area contributed by atoms with Crippen LogP contribution in [0.5, 0.6) is 5.75 Å². The predicted octanol–water partition coefficient (Wildman–Crippen LogP) is 1.50. The molecular weight excluding hydrogens is 178 g/mol. The van der Waals surface area contributed by atoms with Crippen LogP contribution in [0.4, 0.5) is 0 Å². The lowest BCUT2D eigenvalue weighted by molar-refractivity contribution is -0.131. The lowest BCUT2D eigenvalue weighted by Gasteiger charge is -2.06. The summed E-state index contributed by atoms with van der Waals surface area (Å²) in [6, 6.07) is 7.53. The van der Waals surface area contributed by atoms with E-state index in [1.165, 1.54) is 6.92 Å². The van der Waals surface area contributed by atoms with Crippen LogP contribution in [0.15, 0.2) is 24.3 Å². The Morgan fingerprint density at radius 1 is 1.57 bits per heavy atom. The maximum Gasteiger partial charge on any atom is 0.308 e. The third kappa shape index (κ3) is 3.58. The SMILES string of the molecule is CC(=O)Oc1cccc(CC(C)N)c1. The zero-order valence-corrected chi connectivity index (χ0v) is 8.49. The molecule has 0 aliphatic heterocycles. The van der Waals surface area contributed by atoms with Gasteiger partial charge in [-0.15, -0.1) is 0 Å². The van der Waals surface area contributed by atoms with Crippen molar-refractivity contribution in [3.05, 3.63) is 29.8 Å². The van der Waals surface area contributed by atoms with Gasteiger partial charge < -0.3 is 10.5 Å². The van der Waals surface area contributed by atoms with Crippen molar-refractivity contribution in [1.29, 1.82) is 0 Å². The van der Waals surface area contributed by atoms with Crippen molar-refractivity contribution in [2.75, 3.05) is 0 Å². The fraction of sp³-hybridized carbons (Fsp3) is 0.364. The molecule has 14 heavy (non-hydrogen) atoms. The zero-order valence-electron chi connectivity index (χ0n) is 8.49. The van der Waals surface area contributed by atoms with E-state index in [9.17, 15) is 4.79 Å². The maximum absolute atomic E-state index is 10.7. The van der Waals surface area contributed by atoms with E-state index in [1.807, 2.05) is 25.1 Å². The normalized spacial score (nSPS) is 12.2. The topological polar surface area (TPSA) is 52.3 Å². The highest BCUT2D eigenvalue weighted by Gasteiger charge is 2.01. The fourth-order valence-corrected chi connectivity index (χ4v) is 1.27. The Labute approximate surface area is 83.9 Å². The molecule has 0 bridgehead atoms. The summed E-state index contributed by atoms with van der Waals surface area (Å²) in [6.45, 7) is 3.33. The van der Waals surface area contributed by atoms with E-state index in [-0.39, 0.29) is 12.0 Å². The van der Waals surface area contributed by atoms with Gasteiger partial charge in [-0.1, -0.05) is 12.1 Å². The largest absolute Gasteiger partial charge is 0.427 e. The van der Waals surface area contributed by atoms with Crippen LogP contribution in [-0.2, 0) is 11.2 Å². The van der Waals surface area contributed by atoms with Crippen LogP contribution in [-0.4, -0.2) is 12.0 Å². The second-order valence-corrected chi connectivity index (χ2v) is 3.42. The summed E-state index contributed by atoms with van der Waals surface area (Å²) >= 11 is 0. The van der Waals surface area contributed by atoms with Crippen molar-refractivity contribution in [1.82, 2.24) is 0 Å². The molecule has 0 spiro atoms. The third-order valence-electron chi connectivity index (χ3n) is 1.72. The number of carbonyl (C=O) groups is 1. The van der Waals surface area contributed by atoms with E-state index in [2.05, 4.69) is 0 Å². The van der Waals surface area contributed by atoms with Crippen LogP contribution in [0.1, 0.15) is 19.4 Å². The van der Waals surface area contributed by atoms with Crippen LogP contribution in [0.3, 0.4) is 0 Å². The summed E-state index contributed by atoms with van der Waals surface area (Å²) in [4.78, 5) is 10.7. The minimum atomic E-state index is -0.303. The zero-order chi connectivity index (χ0) is 10.6. The van der Waals surface area contributed by atoms with Crippen molar-refractivity contribution >= 4 is 5.97 Å². The Morgan fingerprint density at radius 3 is 2.86 bits per heavy atom. The van der Waals surface area contributed by atoms with E-state index in [1.54, 1.807) is 6.07 Å². The van der Waals surface area contributed by atoms with E-state index in [0.29, 0.717) is 5.75 Å². The van der Waals surface area contributed by atoms with Gasteiger partial charge in [-0.25, -0.2) is 0 Å². The first kappa shape index (κ1) is 10.7. The van der Waals surface area contributed by atoms with Gasteiger partial charge in [-0.3, -0.25) is 4.79 Å². The lowest BCUT2D eigenvalue weighted by Crippen LogP contribution is -2.17. The summed E-state index contributed by atoms with van der Waals surface area (Å²) in [5, 5.41) is 0. The maximum atomic E-state index is 10.7. The van der Waals surface area contributed by atoms with Crippen LogP contribution in [0.25, 0.3) is 0 Å². The quantitative estimate of drug-likeness (QED) is 0.584. The molecule has 2 N–H and O–H groups in total. The van der Waals surface area contributed by atoms with Gasteiger partial charge in [0, 0.05) is 13.0 Å². The molecule has 0 heterocycles. The van der Waals surface area contributed by atoms with Gasteiger partial charge in [0.15, 0.2) is 0 Å². The molecular formula is C11H15NO2. The number of hydrogen-bond donors (Lipinski definition) is 1. The molecule has 0 saturated heterocycles. The van der Waals surface area contributed by atoms with Gasteiger partial charge in [-0.2, -0.15) is 0 Å². The number of nitrogens with two attached hydrogens (primary N) is 1. The van der Waals surface area contributed by atoms with E-state index in [4.69, 9.17) is 10.5 Å². The van der Waals surface area contributed by atoms with Gasteiger partial charge in [0.1, 0.15) is 5.75 Å². The van der Waals surface area contributed by atoms with Crippen molar-refractivity contribution < 1.29 is 9.53 Å². The minimum Gasteiger partial charge on any atom is -0.427 e. The average molecular weight is 193 g/mol. The Bertz CT molecular complexity index is 321. The molecule has 1 rings (SSSR count). The highest BCUT2D eigenvalue weighted by atomic mass is 16.5. The highest BCUT2D eigenvalue weighted by molar-refractivity contribution is 5.69. The smallest absolute Gasteiger partial charge is 0.308 e. The van der Waals surface area contributed by atoms with Gasteiger partial charge in [0.25, 0.3) is 0 Å². The Kier molecular flexibility index (Phi) is 3.65. The van der Waals surface area contributed by atoms with E-state index < -0.39 is 0 Å². The summed E-state index contributed by atoms with van der Waals surface area (Å²) in [5.74, 6) is 0.276. The number of rotatable bonds is 3. The number of benzene rings is 1. The van der Waals surface area contributed by atoms with Crippen molar-refractivity contribution in [3.8, 4) is 5.75 Å². The second-order valence-electron chi connectivity index (χ2n) is 3.42. The Hall–Kier alpha value is -1.35. The van der Waals surface area contributed by atoms with Crippen LogP contribution in [0, 0.1) is 0 Å². The molecule has 0 radical (unpaired) electrons. The molecule has 0 aliphatic carbocycles. The molecule has 0 aliphatic rings. The summed E-state index contributed by atoms with van der Waals surface area (Å²) < 4.78 is 4.96. The summed E-state index contributed by atoms with van der Waals surface area (Å²) in [6.07, 6.45) is 0.787. The molecule has 0 fully saturated rings. The van der Waals surface area contributed by atoms with Crippen molar-refractivity contribution in [2.24, 2.45) is 5.73 Å². The molecule has 0 saturated carbocycles. The number of esters is 1. The Balaban J connectivity index is 2.73. The highest BCUT2D eigenvalue weighted by Crippen LogP contribution is 2.14. The number of hydrogen-bond acceptors (Lipinski definition) is 3. The fourth-order valence-electron chi connectivity index (χ4n) is 1.27. The van der Waals surface area contributed by atoms with Crippen LogP contribution in [0.2, 0.25) is 0 Å². The molecule has 76 valence electrons. The molecule has 3 nitrogen and oxygen atoms in total. The molecule has 1 aromatic rings. The molecule has 1 unspecified atom stereocenters. The van der Waals surface area contributed by atoms with E-state index >= 15 is 0 Å². The Morgan fingerprint density at radius 2 is 2.29 bits per heavy atom. The van der Waals surface area contributed by atoms with E-state index in [0.717, 1.165) is 12.0 Å². The third-order valence-corrected chi connectivity index (χ3v) is 1.72. The van der Waals surface area contributed by atoms with Gasteiger partial charge in [-0.05, 0) is 31.0 Å². The van der Waals surface area contributed by atoms with Gasteiger partial charge in [0.05, 0.1) is 0 Å². The van der Waals surface area contributed by atoms with Gasteiger partial charge >= 0.3 is 5.97 Å². The van der Waals surface area contributed by atoms with Crippen LogP contribution < -0.4 is 10.5 Å². The second kappa shape index (κ2) is 4.77. The minimum absolute atomic E-state index is 0.113. The van der Waals surface area contributed by atoms with Crippen LogP contribution >= 0.6 is 0 Å². The standard InChI is InChI=1S/C11H15NO2/c1-8(12)6-10-4-3-5-11(7-10)14-9(2)13/h3-5,7-8H,6,12H2,1-2H3. The number of carbonyl (C=O) groups excluding carboxylic acids is 1. The molecule has 0 amide bonds. The first-order chi connectivity index (χ1) is 6.58. The lowest BCUT2D eigenvalue weighted by atomic mass is 10.1. The first-order valence-corrected chi connectivity index (χ1v) is 4.61. The predicted molar refractivity (Wildman–Crippen MR) is 55.1 cm³/mol. The monoisotopic (exact) mass is 193 g/mol. The first-order valence-electron chi connectivity index (χ1n) is 4.61. The van der Waals surface area contributed by atoms with Crippen molar-refractivity contribution in [2.45, 2.75) is 26.3 Å². The van der Waals surface area contributed by atoms with Crippen molar-refractivity contribution in [3.63, 3.8) is 0 Å². The van der Waals surface area contributed by atoms with Gasteiger partial charge in [0.2, 0.25) is 0 Å². The molecule has 1 aromatic carbocycles.